The summed E-state index contributed by atoms with van der Waals surface area (Å²) in [5.74, 6) is 7.31. The second-order valence-electron chi connectivity index (χ2n) is 11.4. The highest BCUT2D eigenvalue weighted by atomic mass is 16.5. The lowest BCUT2D eigenvalue weighted by atomic mass is 9.45. The topological polar surface area (TPSA) is 26.3 Å². The Hall–Kier alpha value is -0.890. The van der Waals surface area contributed by atoms with Gasteiger partial charge in [-0.25, -0.2) is 0 Å². The van der Waals surface area contributed by atoms with Crippen molar-refractivity contribution in [3.63, 3.8) is 0 Å². The fourth-order valence-corrected chi connectivity index (χ4v) is 9.76. The second kappa shape index (κ2) is 5.42. The van der Waals surface area contributed by atoms with E-state index in [1.54, 1.807) is 5.57 Å². The van der Waals surface area contributed by atoms with E-state index in [9.17, 15) is 4.79 Å². The molecular weight excluding hydrogens is 344 g/mol. The minimum atomic E-state index is 0.0782. The average molecular weight is 379 g/mol. The monoisotopic (exact) mass is 378 g/mol. The first-order valence-electron chi connectivity index (χ1n) is 12.2. The van der Waals surface area contributed by atoms with E-state index >= 15 is 0 Å². The Morgan fingerprint density at radius 1 is 1.14 bits per heavy atom. The molecule has 1 aliphatic heterocycles. The van der Waals surface area contributed by atoms with Gasteiger partial charge in [0.1, 0.15) is 0 Å². The number of rotatable bonds is 2. The first-order valence-corrected chi connectivity index (χ1v) is 12.2. The van der Waals surface area contributed by atoms with Gasteiger partial charge < -0.3 is 4.74 Å². The number of hydrogen-bond donors (Lipinski definition) is 0. The molecule has 5 saturated carbocycles. The van der Waals surface area contributed by atoms with Gasteiger partial charge in [-0.3, -0.25) is 4.79 Å². The van der Waals surface area contributed by atoms with Crippen molar-refractivity contribution in [3.05, 3.63) is 23.8 Å². The van der Waals surface area contributed by atoms with E-state index in [2.05, 4.69) is 25.2 Å². The van der Waals surface area contributed by atoms with E-state index in [-0.39, 0.29) is 5.60 Å². The molecule has 0 amide bonds. The third kappa shape index (κ3) is 1.88. The Morgan fingerprint density at radius 3 is 2.79 bits per heavy atom. The summed E-state index contributed by atoms with van der Waals surface area (Å²) in [6.45, 7) is 3.31. The molecular formula is C26H34O2. The summed E-state index contributed by atoms with van der Waals surface area (Å²) in [4.78, 5) is 12.2. The van der Waals surface area contributed by atoms with Crippen LogP contribution in [0, 0.1) is 52.8 Å². The van der Waals surface area contributed by atoms with Crippen molar-refractivity contribution in [3.8, 4) is 0 Å². The normalized spacial score (nSPS) is 56.1. The van der Waals surface area contributed by atoms with Crippen molar-refractivity contribution in [2.45, 2.75) is 70.3 Å². The molecule has 1 heterocycles. The van der Waals surface area contributed by atoms with E-state index in [0.29, 0.717) is 11.2 Å². The largest absolute Gasteiger partial charge is 0.366 e. The molecule has 0 aromatic heterocycles. The average Bonchev–Trinajstić information content (AvgIpc) is 3.64. The minimum Gasteiger partial charge on any atom is -0.366 e. The van der Waals surface area contributed by atoms with Gasteiger partial charge in [-0.1, -0.05) is 24.6 Å². The Morgan fingerprint density at radius 2 is 2.04 bits per heavy atom. The third-order valence-electron chi connectivity index (χ3n) is 10.8. The summed E-state index contributed by atoms with van der Waals surface area (Å²) < 4.78 is 6.66. The first kappa shape index (κ1) is 16.9. The summed E-state index contributed by atoms with van der Waals surface area (Å²) in [5.41, 5.74) is 2.04. The molecule has 150 valence electrons. The summed E-state index contributed by atoms with van der Waals surface area (Å²) >= 11 is 0. The molecule has 7 aliphatic rings. The molecule has 0 bridgehead atoms. The van der Waals surface area contributed by atoms with Crippen LogP contribution >= 0.6 is 0 Å². The van der Waals surface area contributed by atoms with E-state index in [1.165, 1.54) is 44.9 Å². The molecule has 0 aromatic carbocycles. The maximum atomic E-state index is 12.2. The van der Waals surface area contributed by atoms with Gasteiger partial charge >= 0.3 is 0 Å². The fraction of sp³-hybridized carbons (Fsp3) is 0.808. The molecule has 0 N–H and O–H groups in total. The van der Waals surface area contributed by atoms with Crippen molar-refractivity contribution in [2.24, 2.45) is 52.8 Å². The number of ether oxygens (including phenoxy) is 1. The lowest BCUT2D eigenvalue weighted by molar-refractivity contribution is -0.153. The van der Waals surface area contributed by atoms with Gasteiger partial charge in [0, 0.05) is 11.8 Å². The molecule has 0 saturated heterocycles. The van der Waals surface area contributed by atoms with E-state index < -0.39 is 0 Å². The van der Waals surface area contributed by atoms with Gasteiger partial charge in [-0.2, -0.15) is 0 Å². The molecule has 5 fully saturated rings. The summed E-state index contributed by atoms with van der Waals surface area (Å²) in [5, 5.41) is 0. The SMILES string of the molecule is CC[C@]12CCC3C(C(C4CC4)CC4=CC(=O)CC[C@@H]43)C1C1CC1[C@@]21C=CCO1. The van der Waals surface area contributed by atoms with Crippen molar-refractivity contribution < 1.29 is 9.53 Å². The molecule has 7 rings (SSSR count). The van der Waals surface area contributed by atoms with Gasteiger partial charge in [-0.15, -0.1) is 0 Å². The summed E-state index contributed by atoms with van der Waals surface area (Å²) in [7, 11) is 0. The highest BCUT2D eigenvalue weighted by Gasteiger charge is 2.78. The van der Waals surface area contributed by atoms with Crippen LogP contribution in [0.3, 0.4) is 0 Å². The van der Waals surface area contributed by atoms with Gasteiger partial charge in [0.2, 0.25) is 0 Å². The lowest BCUT2D eigenvalue weighted by Gasteiger charge is -2.60. The van der Waals surface area contributed by atoms with Gasteiger partial charge in [0.05, 0.1) is 12.2 Å². The predicted molar refractivity (Wildman–Crippen MR) is 108 cm³/mol. The van der Waals surface area contributed by atoms with Crippen LogP contribution in [0.5, 0.6) is 0 Å². The predicted octanol–water partition coefficient (Wildman–Crippen LogP) is 5.34. The Labute approximate surface area is 169 Å². The number of allylic oxidation sites excluding steroid dienone is 1. The number of fused-ring (bicyclic) bond motifs is 9. The van der Waals surface area contributed by atoms with Crippen LogP contribution in [0.15, 0.2) is 23.8 Å². The molecule has 9 atom stereocenters. The molecule has 0 aromatic rings. The Bertz CT molecular complexity index is 790. The van der Waals surface area contributed by atoms with E-state index in [4.69, 9.17) is 4.74 Å². The fourth-order valence-electron chi connectivity index (χ4n) is 9.76. The van der Waals surface area contributed by atoms with Crippen LogP contribution in [-0.4, -0.2) is 18.0 Å². The van der Waals surface area contributed by atoms with E-state index in [0.717, 1.165) is 66.8 Å². The standard InChI is InChI=1S/C26H34O2/c1-2-25-10-8-19-18-7-6-17(27)12-16(18)13-20(15-4-5-15)23(19)24(25)21-14-22(21)26(25)9-3-11-28-26/h3,9,12,15,18-24H,2,4-8,10-11,13-14H2,1H3/t18-,19?,20?,21?,22?,23?,24?,25-,26-/m0/s1. The summed E-state index contributed by atoms with van der Waals surface area (Å²) in [6.07, 6.45) is 18.5. The maximum absolute atomic E-state index is 12.2. The molecule has 0 radical (unpaired) electrons. The lowest BCUT2D eigenvalue weighted by Crippen LogP contribution is -2.57. The van der Waals surface area contributed by atoms with E-state index in [1.807, 2.05) is 0 Å². The zero-order chi connectivity index (χ0) is 18.7. The quantitative estimate of drug-likeness (QED) is 0.607. The Kier molecular flexibility index (Phi) is 3.26. The maximum Gasteiger partial charge on any atom is 0.155 e. The number of carbonyl (C=O) groups excluding carboxylic acids is 1. The second-order valence-corrected chi connectivity index (χ2v) is 11.4. The van der Waals surface area contributed by atoms with Gasteiger partial charge in [-0.05, 0) is 105 Å². The highest BCUT2D eigenvalue weighted by molar-refractivity contribution is 5.91. The number of ketones is 1. The Balaban J connectivity index is 1.34. The van der Waals surface area contributed by atoms with Crippen molar-refractivity contribution >= 4 is 5.78 Å². The van der Waals surface area contributed by atoms with Gasteiger partial charge in [0.15, 0.2) is 5.78 Å². The minimum absolute atomic E-state index is 0.0782. The number of hydrogen-bond acceptors (Lipinski definition) is 2. The third-order valence-corrected chi connectivity index (χ3v) is 10.8. The number of carbonyl (C=O) groups is 1. The van der Waals surface area contributed by atoms with Crippen LogP contribution in [0.1, 0.15) is 64.7 Å². The smallest absolute Gasteiger partial charge is 0.155 e. The van der Waals surface area contributed by atoms with Crippen LogP contribution in [0.2, 0.25) is 0 Å². The van der Waals surface area contributed by atoms with Crippen molar-refractivity contribution in [1.29, 1.82) is 0 Å². The highest BCUT2D eigenvalue weighted by Crippen LogP contribution is 2.79. The zero-order valence-electron chi connectivity index (χ0n) is 17.2. The first-order chi connectivity index (χ1) is 13.7. The van der Waals surface area contributed by atoms with Crippen molar-refractivity contribution in [2.75, 3.05) is 6.61 Å². The van der Waals surface area contributed by atoms with Crippen molar-refractivity contribution in [1.82, 2.24) is 0 Å². The molecule has 6 aliphatic carbocycles. The molecule has 2 nitrogen and oxygen atoms in total. The summed E-state index contributed by atoms with van der Waals surface area (Å²) in [6, 6.07) is 0. The van der Waals surface area contributed by atoms with Crippen LogP contribution in [0.4, 0.5) is 0 Å². The van der Waals surface area contributed by atoms with Crippen LogP contribution in [0.25, 0.3) is 0 Å². The molecule has 2 heteroatoms. The molecule has 6 unspecified atom stereocenters. The molecule has 28 heavy (non-hydrogen) atoms. The van der Waals surface area contributed by atoms with Crippen LogP contribution in [-0.2, 0) is 9.53 Å². The molecule has 1 spiro atoms. The van der Waals surface area contributed by atoms with Gasteiger partial charge in [0.25, 0.3) is 0 Å². The zero-order valence-corrected chi connectivity index (χ0v) is 17.2. The van der Waals surface area contributed by atoms with Crippen LogP contribution < -0.4 is 0 Å².